The highest BCUT2D eigenvalue weighted by molar-refractivity contribution is 9.10. The molecule has 0 unspecified atom stereocenters. The van der Waals surface area contributed by atoms with Crippen LogP contribution in [0.15, 0.2) is 75.8 Å². The number of nitrogens with one attached hydrogen (secondary N) is 1. The molecule has 2 aromatic heterocycles. The number of benzene rings is 3. The molecule has 3 heterocycles. The predicted octanol–water partition coefficient (Wildman–Crippen LogP) is 5.76. The van der Waals surface area contributed by atoms with Crippen LogP contribution in [-0.4, -0.2) is 32.8 Å². The van der Waals surface area contributed by atoms with Crippen LogP contribution in [-0.2, 0) is 13.1 Å². The van der Waals surface area contributed by atoms with Gasteiger partial charge in [-0.05, 0) is 55.0 Å². The summed E-state index contributed by atoms with van der Waals surface area (Å²) in [6.45, 7) is 3.29. The third-order valence-electron chi connectivity index (χ3n) is 6.44. The average Bonchev–Trinajstić information content (AvgIpc) is 3.44. The minimum Gasteiger partial charge on any atom is -0.456 e. The van der Waals surface area contributed by atoms with E-state index >= 15 is 0 Å². The van der Waals surface area contributed by atoms with Crippen molar-refractivity contribution in [3.05, 3.63) is 94.0 Å². The highest BCUT2D eigenvalue weighted by Crippen LogP contribution is 2.30. The summed E-state index contributed by atoms with van der Waals surface area (Å²) in [5.74, 6) is 0.427. The first-order valence-corrected chi connectivity index (χ1v) is 12.1. The van der Waals surface area contributed by atoms with Gasteiger partial charge in [0.1, 0.15) is 22.7 Å². The number of furan rings is 1. The fraction of sp³-hybridized carbons (Fsp3) is 0.148. The summed E-state index contributed by atoms with van der Waals surface area (Å²) in [7, 11) is 0. The van der Waals surface area contributed by atoms with E-state index in [9.17, 15) is 9.59 Å². The molecule has 174 valence electrons. The van der Waals surface area contributed by atoms with Crippen LogP contribution in [0.3, 0.4) is 0 Å². The number of fused-ring (bicyclic) bond motifs is 4. The molecule has 35 heavy (non-hydrogen) atoms. The molecule has 0 bridgehead atoms. The lowest BCUT2D eigenvalue weighted by molar-refractivity contribution is 0.0705. The fourth-order valence-electron chi connectivity index (χ4n) is 4.65. The monoisotopic (exact) mass is 528 g/mol. The van der Waals surface area contributed by atoms with Crippen LogP contribution in [0.25, 0.3) is 21.9 Å². The molecule has 0 aliphatic carbocycles. The number of imidazole rings is 1. The summed E-state index contributed by atoms with van der Waals surface area (Å²) in [5, 5.41) is 4.94. The maximum atomic E-state index is 13.1. The fourth-order valence-corrected chi connectivity index (χ4v) is 5.13. The smallest absolute Gasteiger partial charge is 0.273 e. The Bertz CT molecular complexity index is 1630. The normalized spacial score (nSPS) is 13.3. The lowest BCUT2D eigenvalue weighted by Gasteiger charge is -2.29. The van der Waals surface area contributed by atoms with Gasteiger partial charge < -0.3 is 19.2 Å². The van der Waals surface area contributed by atoms with Gasteiger partial charge in [-0.15, -0.1) is 0 Å². The van der Waals surface area contributed by atoms with E-state index in [0.717, 1.165) is 32.0 Å². The second kappa shape index (κ2) is 8.39. The van der Waals surface area contributed by atoms with Crippen molar-refractivity contribution in [2.24, 2.45) is 0 Å². The molecule has 1 aliphatic heterocycles. The Kier molecular flexibility index (Phi) is 5.18. The number of hydrogen-bond acceptors (Lipinski definition) is 4. The van der Waals surface area contributed by atoms with E-state index < -0.39 is 0 Å². The van der Waals surface area contributed by atoms with Crippen molar-refractivity contribution in [3.8, 4) is 0 Å². The van der Waals surface area contributed by atoms with E-state index in [2.05, 4.69) is 26.2 Å². The minimum atomic E-state index is -0.237. The number of anilines is 1. The van der Waals surface area contributed by atoms with Crippen LogP contribution < -0.4 is 5.32 Å². The molecule has 1 N–H and O–H groups in total. The maximum absolute atomic E-state index is 13.1. The zero-order valence-electron chi connectivity index (χ0n) is 18.9. The van der Waals surface area contributed by atoms with E-state index in [4.69, 9.17) is 4.42 Å². The number of halogens is 1. The molecule has 2 amide bonds. The highest BCUT2D eigenvalue weighted by Gasteiger charge is 2.27. The molecule has 7 nitrogen and oxygen atoms in total. The molecular formula is C27H21BrN4O3. The number of nitrogens with zero attached hydrogens (tertiary/aromatic N) is 3. The first kappa shape index (κ1) is 21.6. The van der Waals surface area contributed by atoms with Crippen molar-refractivity contribution in [3.63, 3.8) is 0 Å². The van der Waals surface area contributed by atoms with Crippen molar-refractivity contribution in [2.45, 2.75) is 20.0 Å². The van der Waals surface area contributed by atoms with Crippen LogP contribution in [0, 0.1) is 6.92 Å². The molecule has 0 saturated carbocycles. The van der Waals surface area contributed by atoms with E-state index in [0.29, 0.717) is 42.4 Å². The van der Waals surface area contributed by atoms with E-state index in [1.807, 2.05) is 72.2 Å². The Morgan fingerprint density at radius 2 is 1.83 bits per heavy atom. The molecule has 0 saturated heterocycles. The van der Waals surface area contributed by atoms with Gasteiger partial charge >= 0.3 is 0 Å². The summed E-state index contributed by atoms with van der Waals surface area (Å²) in [6.07, 6.45) is 1.58. The van der Waals surface area contributed by atoms with Crippen molar-refractivity contribution in [1.29, 1.82) is 0 Å². The molecule has 0 radical (unpaired) electrons. The minimum absolute atomic E-state index is 0.0316. The van der Waals surface area contributed by atoms with Crippen LogP contribution in [0.4, 0.5) is 5.69 Å². The summed E-state index contributed by atoms with van der Waals surface area (Å²) in [6, 6.07) is 19.1. The topological polar surface area (TPSA) is 80.4 Å². The number of aromatic nitrogens is 2. The molecule has 8 heteroatoms. The first-order chi connectivity index (χ1) is 17.0. The highest BCUT2D eigenvalue weighted by atomic mass is 79.9. The van der Waals surface area contributed by atoms with Gasteiger partial charge in [0.2, 0.25) is 0 Å². The Morgan fingerprint density at radius 3 is 2.69 bits per heavy atom. The van der Waals surface area contributed by atoms with Crippen molar-refractivity contribution in [2.75, 3.05) is 11.9 Å². The average molecular weight is 529 g/mol. The summed E-state index contributed by atoms with van der Waals surface area (Å²) < 4.78 is 8.70. The van der Waals surface area contributed by atoms with Gasteiger partial charge in [0, 0.05) is 39.6 Å². The Hall–Kier alpha value is -3.91. The van der Waals surface area contributed by atoms with Crippen LogP contribution in [0.1, 0.15) is 32.2 Å². The third-order valence-corrected chi connectivity index (χ3v) is 6.93. The lowest BCUT2D eigenvalue weighted by Crippen LogP contribution is -2.39. The first-order valence-electron chi connectivity index (χ1n) is 11.3. The summed E-state index contributed by atoms with van der Waals surface area (Å²) in [4.78, 5) is 32.4. The van der Waals surface area contributed by atoms with E-state index in [-0.39, 0.29) is 11.8 Å². The number of para-hydroxylation sites is 1. The van der Waals surface area contributed by atoms with Gasteiger partial charge in [0.15, 0.2) is 0 Å². The zero-order chi connectivity index (χ0) is 24.1. The van der Waals surface area contributed by atoms with E-state index in [1.165, 1.54) is 0 Å². The third kappa shape index (κ3) is 3.80. The molecule has 3 aromatic carbocycles. The molecule has 6 rings (SSSR count). The molecule has 0 atom stereocenters. The molecule has 1 aliphatic rings. The van der Waals surface area contributed by atoms with Gasteiger partial charge in [0.25, 0.3) is 11.8 Å². The van der Waals surface area contributed by atoms with Crippen LogP contribution in [0.5, 0.6) is 0 Å². The maximum Gasteiger partial charge on any atom is 0.273 e. The standard InChI is InChI=1S/C27H21BrN4O3/c1-16-12-17(28)6-8-19(16)27(34)31-10-11-32-22(14-29-25(32)15-31)26(33)30-18-7-9-24-21(13-18)20-4-2-3-5-23(20)35-24/h2-9,12-14H,10-11,15H2,1H3,(H,30,33). The van der Waals surface area contributed by atoms with E-state index in [1.54, 1.807) is 11.1 Å². The second-order valence-electron chi connectivity index (χ2n) is 8.66. The largest absolute Gasteiger partial charge is 0.456 e. The van der Waals surface area contributed by atoms with Gasteiger partial charge in [-0.25, -0.2) is 4.98 Å². The van der Waals surface area contributed by atoms with Crippen LogP contribution >= 0.6 is 15.9 Å². The van der Waals surface area contributed by atoms with Crippen LogP contribution in [0.2, 0.25) is 0 Å². The SMILES string of the molecule is Cc1cc(Br)ccc1C(=O)N1CCn2c(C(=O)Nc3ccc4oc5ccccc5c4c3)cnc2C1. The number of carbonyl (C=O) groups is 2. The van der Waals surface area contributed by atoms with Gasteiger partial charge in [-0.3, -0.25) is 9.59 Å². The lowest BCUT2D eigenvalue weighted by atomic mass is 10.1. The summed E-state index contributed by atoms with van der Waals surface area (Å²) >= 11 is 3.44. The summed E-state index contributed by atoms with van der Waals surface area (Å²) in [5.41, 5.74) is 4.34. The molecule has 5 aromatic rings. The van der Waals surface area contributed by atoms with Gasteiger partial charge in [0.05, 0.1) is 12.7 Å². The number of hydrogen-bond donors (Lipinski definition) is 1. The van der Waals surface area contributed by atoms with Crippen molar-refractivity contribution >= 4 is 55.4 Å². The second-order valence-corrected chi connectivity index (χ2v) is 9.58. The number of rotatable bonds is 3. The molecular weight excluding hydrogens is 508 g/mol. The Labute approximate surface area is 209 Å². The Morgan fingerprint density at radius 1 is 1.00 bits per heavy atom. The zero-order valence-corrected chi connectivity index (χ0v) is 20.5. The predicted molar refractivity (Wildman–Crippen MR) is 138 cm³/mol. The number of carbonyl (C=O) groups excluding carboxylic acids is 2. The van der Waals surface area contributed by atoms with Gasteiger partial charge in [-0.2, -0.15) is 0 Å². The van der Waals surface area contributed by atoms with Crippen molar-refractivity contribution < 1.29 is 14.0 Å². The number of aryl methyl sites for hydroxylation is 1. The van der Waals surface area contributed by atoms with Crippen molar-refractivity contribution in [1.82, 2.24) is 14.5 Å². The Balaban J connectivity index is 1.22. The quantitative estimate of drug-likeness (QED) is 0.322. The molecule has 0 fully saturated rings. The van der Waals surface area contributed by atoms with Gasteiger partial charge in [-0.1, -0.05) is 34.1 Å². The number of amides is 2. The molecule has 0 spiro atoms.